The van der Waals surface area contributed by atoms with Crippen LogP contribution < -0.4 is 19.9 Å². The summed E-state index contributed by atoms with van der Waals surface area (Å²) in [5, 5.41) is 9.58. The first kappa shape index (κ1) is 21.5. The van der Waals surface area contributed by atoms with Crippen molar-refractivity contribution >= 4 is 0 Å². The van der Waals surface area contributed by atoms with E-state index in [1.54, 1.807) is 42.5 Å². The lowest BCUT2D eigenvalue weighted by Gasteiger charge is -2.16. The average molecular weight is 415 g/mol. The molecule has 30 heavy (non-hydrogen) atoms. The second kappa shape index (κ2) is 10.6. The van der Waals surface area contributed by atoms with Crippen LogP contribution in [0.2, 0.25) is 0 Å². The van der Waals surface area contributed by atoms with Crippen LogP contribution in [-0.4, -0.2) is 24.4 Å². The first-order valence-electron chi connectivity index (χ1n) is 9.43. The van der Waals surface area contributed by atoms with Gasteiger partial charge in [0.1, 0.15) is 43.3 Å². The summed E-state index contributed by atoms with van der Waals surface area (Å²) in [5.74, 6) is 0.722. The molecule has 7 heteroatoms. The van der Waals surface area contributed by atoms with E-state index in [0.29, 0.717) is 17.2 Å². The van der Waals surface area contributed by atoms with Crippen LogP contribution in [0.5, 0.6) is 17.2 Å². The van der Waals surface area contributed by atoms with Gasteiger partial charge in [-0.2, -0.15) is 0 Å². The Bertz CT molecular complexity index is 933. The van der Waals surface area contributed by atoms with Crippen LogP contribution in [0, 0.1) is 11.6 Å². The molecule has 1 atom stereocenters. The van der Waals surface area contributed by atoms with E-state index in [2.05, 4.69) is 0 Å². The fourth-order valence-electron chi connectivity index (χ4n) is 2.55. The highest BCUT2D eigenvalue weighted by atomic mass is 19.1. The molecule has 0 heterocycles. The lowest BCUT2D eigenvalue weighted by Crippen LogP contribution is -2.26. The molecule has 0 aliphatic heterocycles. The summed E-state index contributed by atoms with van der Waals surface area (Å²) >= 11 is 0. The summed E-state index contributed by atoms with van der Waals surface area (Å²) in [4.78, 5) is 0. The first-order chi connectivity index (χ1) is 14.5. The van der Waals surface area contributed by atoms with Gasteiger partial charge >= 0.3 is 0 Å². The van der Waals surface area contributed by atoms with Crippen molar-refractivity contribution in [3.63, 3.8) is 0 Å². The molecule has 5 nitrogen and oxygen atoms in total. The van der Waals surface area contributed by atoms with Crippen LogP contribution in [-0.2, 0) is 13.2 Å². The molecular weight excluding hydrogens is 392 g/mol. The van der Waals surface area contributed by atoms with Gasteiger partial charge in [0.05, 0.1) is 0 Å². The SMILES string of the molecule is NC[C@@H](O)COc1ccc(OCc2ccc(F)cc2)c(OCc2ccc(F)cc2)c1. The quantitative estimate of drug-likeness (QED) is 0.527. The van der Waals surface area contributed by atoms with Crippen molar-refractivity contribution in [3.8, 4) is 17.2 Å². The van der Waals surface area contributed by atoms with Crippen molar-refractivity contribution < 1.29 is 28.1 Å². The number of halogens is 2. The van der Waals surface area contributed by atoms with Gasteiger partial charge in [-0.3, -0.25) is 0 Å². The zero-order chi connectivity index (χ0) is 21.3. The monoisotopic (exact) mass is 415 g/mol. The molecule has 3 N–H and O–H groups in total. The third-order valence-corrected chi connectivity index (χ3v) is 4.24. The van der Waals surface area contributed by atoms with Crippen LogP contribution in [0.25, 0.3) is 0 Å². The average Bonchev–Trinajstić information content (AvgIpc) is 2.77. The molecule has 0 saturated heterocycles. The molecule has 3 rings (SSSR count). The van der Waals surface area contributed by atoms with Gasteiger partial charge in [-0.1, -0.05) is 24.3 Å². The maximum atomic E-state index is 13.1. The Morgan fingerprint density at radius 3 is 1.80 bits per heavy atom. The number of rotatable bonds is 10. The maximum Gasteiger partial charge on any atom is 0.165 e. The summed E-state index contributed by atoms with van der Waals surface area (Å²) in [5.41, 5.74) is 6.97. The lowest BCUT2D eigenvalue weighted by molar-refractivity contribution is 0.114. The van der Waals surface area contributed by atoms with Gasteiger partial charge in [0.25, 0.3) is 0 Å². The molecule has 0 bridgehead atoms. The van der Waals surface area contributed by atoms with Gasteiger partial charge in [-0.15, -0.1) is 0 Å². The minimum atomic E-state index is -0.775. The predicted octanol–water partition coefficient (Wildman–Crippen LogP) is 3.82. The topological polar surface area (TPSA) is 73.9 Å². The summed E-state index contributed by atoms with van der Waals surface area (Å²) in [7, 11) is 0. The van der Waals surface area contributed by atoms with Crippen LogP contribution in [0.1, 0.15) is 11.1 Å². The Balaban J connectivity index is 1.73. The number of aliphatic hydroxyl groups excluding tert-OH is 1. The van der Waals surface area contributed by atoms with Crippen molar-refractivity contribution in [2.75, 3.05) is 13.2 Å². The largest absolute Gasteiger partial charge is 0.491 e. The molecule has 0 aromatic heterocycles. The third kappa shape index (κ3) is 6.43. The third-order valence-electron chi connectivity index (χ3n) is 4.24. The van der Waals surface area contributed by atoms with Crippen molar-refractivity contribution in [1.82, 2.24) is 0 Å². The van der Waals surface area contributed by atoms with Crippen molar-refractivity contribution in [3.05, 3.63) is 89.5 Å². The summed E-state index contributed by atoms with van der Waals surface area (Å²) in [6.45, 7) is 0.553. The number of hydrogen-bond donors (Lipinski definition) is 2. The van der Waals surface area contributed by atoms with Crippen LogP contribution in [0.15, 0.2) is 66.7 Å². The highest BCUT2D eigenvalue weighted by Gasteiger charge is 2.11. The molecule has 158 valence electrons. The van der Waals surface area contributed by atoms with E-state index in [0.717, 1.165) is 11.1 Å². The van der Waals surface area contributed by atoms with Crippen LogP contribution in [0.3, 0.4) is 0 Å². The molecular formula is C23H23F2NO4. The molecule has 0 radical (unpaired) electrons. The highest BCUT2D eigenvalue weighted by molar-refractivity contribution is 5.46. The van der Waals surface area contributed by atoms with Gasteiger partial charge in [0, 0.05) is 12.6 Å². The van der Waals surface area contributed by atoms with E-state index in [4.69, 9.17) is 19.9 Å². The molecule has 0 amide bonds. The zero-order valence-corrected chi connectivity index (χ0v) is 16.3. The minimum absolute atomic E-state index is 0.0453. The van der Waals surface area contributed by atoms with E-state index in [-0.39, 0.29) is 38.0 Å². The Morgan fingerprint density at radius 2 is 1.27 bits per heavy atom. The van der Waals surface area contributed by atoms with Gasteiger partial charge in [0.15, 0.2) is 11.5 Å². The molecule has 0 aliphatic carbocycles. The van der Waals surface area contributed by atoms with Gasteiger partial charge < -0.3 is 25.1 Å². The van der Waals surface area contributed by atoms with E-state index in [9.17, 15) is 13.9 Å². The Morgan fingerprint density at radius 1 is 0.733 bits per heavy atom. The predicted molar refractivity (Wildman–Crippen MR) is 108 cm³/mol. The second-order valence-corrected chi connectivity index (χ2v) is 6.64. The van der Waals surface area contributed by atoms with Crippen molar-refractivity contribution in [2.45, 2.75) is 19.3 Å². The van der Waals surface area contributed by atoms with Crippen molar-refractivity contribution in [2.24, 2.45) is 5.73 Å². The van der Waals surface area contributed by atoms with Gasteiger partial charge in [-0.25, -0.2) is 8.78 Å². The van der Waals surface area contributed by atoms with Gasteiger partial charge in [0.2, 0.25) is 0 Å². The van der Waals surface area contributed by atoms with Gasteiger partial charge in [-0.05, 0) is 47.5 Å². The molecule has 0 fully saturated rings. The highest BCUT2D eigenvalue weighted by Crippen LogP contribution is 2.33. The fourth-order valence-corrected chi connectivity index (χ4v) is 2.55. The molecule has 0 unspecified atom stereocenters. The Hall–Kier alpha value is -3.16. The Kier molecular flexibility index (Phi) is 7.59. The number of aliphatic hydroxyl groups is 1. The first-order valence-corrected chi connectivity index (χ1v) is 9.43. The Labute approximate surface area is 173 Å². The lowest BCUT2D eigenvalue weighted by atomic mass is 10.2. The number of ether oxygens (including phenoxy) is 3. The fraction of sp³-hybridized carbons (Fsp3) is 0.217. The normalized spacial score (nSPS) is 11.7. The second-order valence-electron chi connectivity index (χ2n) is 6.64. The van der Waals surface area contributed by atoms with Crippen LogP contribution >= 0.6 is 0 Å². The molecule has 0 spiro atoms. The number of hydrogen-bond acceptors (Lipinski definition) is 5. The van der Waals surface area contributed by atoms with Crippen molar-refractivity contribution in [1.29, 1.82) is 0 Å². The van der Waals surface area contributed by atoms with E-state index >= 15 is 0 Å². The summed E-state index contributed by atoms with van der Waals surface area (Å²) < 4.78 is 43.4. The van der Waals surface area contributed by atoms with E-state index in [1.165, 1.54) is 24.3 Å². The standard InChI is InChI=1S/C23H23F2NO4/c24-18-5-1-16(2-6-18)13-29-22-10-9-21(28-15-20(27)12-26)11-23(22)30-14-17-3-7-19(25)8-4-17/h1-11,20,27H,12-15,26H2/t20-/m1/s1. The molecule has 3 aromatic rings. The minimum Gasteiger partial charge on any atom is -0.491 e. The number of nitrogens with two attached hydrogens (primary N) is 1. The molecule has 0 aliphatic rings. The molecule has 3 aromatic carbocycles. The molecule has 0 saturated carbocycles. The van der Waals surface area contributed by atoms with E-state index in [1.807, 2.05) is 0 Å². The summed E-state index contributed by atoms with van der Waals surface area (Å²) in [6.07, 6.45) is -0.775. The maximum absolute atomic E-state index is 13.1. The van der Waals surface area contributed by atoms with Crippen LogP contribution in [0.4, 0.5) is 8.78 Å². The number of benzene rings is 3. The zero-order valence-electron chi connectivity index (χ0n) is 16.3. The summed E-state index contributed by atoms with van der Waals surface area (Å²) in [6, 6.07) is 17.0. The van der Waals surface area contributed by atoms with E-state index < -0.39 is 6.10 Å². The smallest absolute Gasteiger partial charge is 0.165 e.